The van der Waals surface area contributed by atoms with Crippen molar-refractivity contribution in [2.75, 3.05) is 32.0 Å². The van der Waals surface area contributed by atoms with Crippen LogP contribution in [0.5, 0.6) is 0 Å². The summed E-state index contributed by atoms with van der Waals surface area (Å²) in [6, 6.07) is 3.53. The van der Waals surface area contributed by atoms with Gasteiger partial charge in [-0.15, -0.1) is 0 Å². The van der Waals surface area contributed by atoms with Gasteiger partial charge in [0.15, 0.2) is 0 Å². The van der Waals surface area contributed by atoms with Crippen LogP contribution in [0.15, 0.2) is 16.6 Å². The lowest BCUT2D eigenvalue weighted by Gasteiger charge is -2.38. The van der Waals surface area contributed by atoms with Crippen molar-refractivity contribution in [3.63, 3.8) is 0 Å². The summed E-state index contributed by atoms with van der Waals surface area (Å²) in [5.74, 6) is -0.370. The van der Waals surface area contributed by atoms with Crippen molar-refractivity contribution in [3.05, 3.63) is 27.7 Å². The van der Waals surface area contributed by atoms with Gasteiger partial charge < -0.3 is 26.2 Å². The first-order valence-corrected chi connectivity index (χ1v) is 10.6. The fourth-order valence-corrected chi connectivity index (χ4v) is 4.11. The van der Waals surface area contributed by atoms with Crippen molar-refractivity contribution < 1.29 is 14.6 Å². The van der Waals surface area contributed by atoms with Gasteiger partial charge in [-0.1, -0.05) is 26.2 Å². The van der Waals surface area contributed by atoms with Crippen LogP contribution in [0.3, 0.4) is 0 Å². The van der Waals surface area contributed by atoms with Crippen molar-refractivity contribution in [1.82, 2.24) is 10.6 Å². The molecule has 7 heteroatoms. The smallest absolute Gasteiger partial charge is 0.338 e. The Kier molecular flexibility index (Phi) is 9.02. The predicted molar refractivity (Wildman–Crippen MR) is 112 cm³/mol. The van der Waals surface area contributed by atoms with Gasteiger partial charge in [-0.3, -0.25) is 0 Å². The maximum Gasteiger partial charge on any atom is 0.338 e. The summed E-state index contributed by atoms with van der Waals surface area (Å²) < 4.78 is 6.00. The third kappa shape index (κ3) is 6.45. The Morgan fingerprint density at radius 2 is 2.04 bits per heavy atom. The van der Waals surface area contributed by atoms with E-state index in [9.17, 15) is 4.79 Å². The second-order valence-corrected chi connectivity index (χ2v) is 8.04. The predicted octanol–water partition coefficient (Wildman–Crippen LogP) is 2.97. The summed E-state index contributed by atoms with van der Waals surface area (Å²) in [6.45, 7) is 4.19. The first kappa shape index (κ1) is 22.1. The van der Waals surface area contributed by atoms with E-state index in [1.165, 1.54) is 32.1 Å². The van der Waals surface area contributed by atoms with Gasteiger partial charge in [0, 0.05) is 29.6 Å². The van der Waals surface area contributed by atoms with Crippen LogP contribution in [-0.2, 0) is 11.3 Å². The molecule has 0 saturated heterocycles. The van der Waals surface area contributed by atoms with E-state index in [2.05, 4.69) is 33.5 Å². The quantitative estimate of drug-likeness (QED) is 0.253. The number of nitrogens with one attached hydrogen (secondary N) is 2. The first-order chi connectivity index (χ1) is 13.0. The molecule has 152 valence electrons. The van der Waals surface area contributed by atoms with Gasteiger partial charge in [-0.2, -0.15) is 0 Å². The average Bonchev–Trinajstić information content (AvgIpc) is 2.69. The Balaban J connectivity index is 2.00. The lowest BCUT2D eigenvalue weighted by Crippen LogP contribution is -2.45. The normalized spacial score (nSPS) is 16.3. The van der Waals surface area contributed by atoms with Crippen molar-refractivity contribution in [1.29, 1.82) is 0 Å². The molecule has 1 aromatic carbocycles. The highest BCUT2D eigenvalue weighted by Gasteiger charge is 2.29. The topological polar surface area (TPSA) is 96.6 Å². The fourth-order valence-electron chi connectivity index (χ4n) is 3.61. The second-order valence-electron chi connectivity index (χ2n) is 7.19. The molecule has 1 aliphatic rings. The number of anilines is 1. The van der Waals surface area contributed by atoms with Gasteiger partial charge in [0.1, 0.15) is 6.61 Å². The molecule has 6 nitrogen and oxygen atoms in total. The molecule has 1 fully saturated rings. The zero-order valence-corrected chi connectivity index (χ0v) is 17.7. The average molecular weight is 442 g/mol. The lowest BCUT2D eigenvalue weighted by molar-refractivity contribution is 0.0508. The highest BCUT2D eigenvalue weighted by Crippen LogP contribution is 2.32. The molecule has 0 heterocycles. The maximum atomic E-state index is 12.3. The molecule has 0 unspecified atom stereocenters. The van der Waals surface area contributed by atoms with E-state index in [0.717, 1.165) is 12.0 Å². The van der Waals surface area contributed by atoms with Gasteiger partial charge >= 0.3 is 5.97 Å². The van der Waals surface area contributed by atoms with Gasteiger partial charge in [0.25, 0.3) is 0 Å². The molecule has 0 atom stereocenters. The standard InChI is InChI=1S/C20H32BrN3O3/c1-2-20(6-4-3-5-7-20)24-14-16-12-15(13-17(21)18(16)22)19(26)27-11-9-23-8-10-25/h12-13,23-25H,2-11,14,22H2,1H3. The Labute approximate surface area is 170 Å². The van der Waals surface area contributed by atoms with E-state index >= 15 is 0 Å². The Hall–Kier alpha value is -1.15. The molecule has 0 spiro atoms. The van der Waals surface area contributed by atoms with E-state index in [1.54, 1.807) is 6.07 Å². The van der Waals surface area contributed by atoms with E-state index < -0.39 is 0 Å². The summed E-state index contributed by atoms with van der Waals surface area (Å²) in [5.41, 5.74) is 8.47. The Bertz CT molecular complexity index is 619. The van der Waals surface area contributed by atoms with Crippen LogP contribution in [0.25, 0.3) is 0 Å². The number of aliphatic hydroxyl groups is 1. The van der Waals surface area contributed by atoms with Crippen molar-refractivity contribution in [2.24, 2.45) is 0 Å². The number of hydrogen-bond acceptors (Lipinski definition) is 6. The number of carbonyl (C=O) groups excluding carboxylic acids is 1. The van der Waals surface area contributed by atoms with Gasteiger partial charge in [0.2, 0.25) is 0 Å². The number of halogens is 1. The summed E-state index contributed by atoms with van der Waals surface area (Å²) in [4.78, 5) is 12.3. The minimum atomic E-state index is -0.370. The van der Waals surface area contributed by atoms with Crippen LogP contribution in [0.2, 0.25) is 0 Å². The maximum absolute atomic E-state index is 12.3. The third-order valence-electron chi connectivity index (χ3n) is 5.39. The van der Waals surface area contributed by atoms with E-state index in [4.69, 9.17) is 15.6 Å². The number of rotatable bonds is 10. The van der Waals surface area contributed by atoms with E-state index in [1.807, 2.05) is 6.07 Å². The molecule has 0 bridgehead atoms. The van der Waals surface area contributed by atoms with Gasteiger partial charge in [-0.25, -0.2) is 4.79 Å². The molecular formula is C20H32BrN3O3. The number of nitrogens with two attached hydrogens (primary N) is 1. The van der Waals surface area contributed by atoms with Crippen LogP contribution < -0.4 is 16.4 Å². The number of benzene rings is 1. The zero-order valence-electron chi connectivity index (χ0n) is 16.2. The van der Waals surface area contributed by atoms with E-state index in [-0.39, 0.29) is 24.7 Å². The minimum Gasteiger partial charge on any atom is -0.461 e. The molecule has 5 N–H and O–H groups in total. The molecule has 0 amide bonds. The lowest BCUT2D eigenvalue weighted by atomic mass is 9.79. The molecular weight excluding hydrogens is 410 g/mol. The number of ether oxygens (including phenoxy) is 1. The number of aliphatic hydroxyl groups excluding tert-OH is 1. The van der Waals surface area contributed by atoms with Crippen LogP contribution in [0, 0.1) is 0 Å². The second kappa shape index (κ2) is 11.0. The number of nitrogen functional groups attached to an aromatic ring is 1. The molecule has 2 rings (SSSR count). The van der Waals surface area contributed by atoms with Crippen LogP contribution in [0.4, 0.5) is 5.69 Å². The zero-order chi connectivity index (χ0) is 19.7. The summed E-state index contributed by atoms with van der Waals surface area (Å²) in [7, 11) is 0. The Morgan fingerprint density at radius 1 is 1.30 bits per heavy atom. The first-order valence-electron chi connectivity index (χ1n) is 9.83. The number of carbonyl (C=O) groups is 1. The van der Waals surface area contributed by atoms with Crippen LogP contribution in [0.1, 0.15) is 61.4 Å². The summed E-state index contributed by atoms with van der Waals surface area (Å²) in [6.07, 6.45) is 7.30. The molecule has 27 heavy (non-hydrogen) atoms. The summed E-state index contributed by atoms with van der Waals surface area (Å²) >= 11 is 3.46. The monoisotopic (exact) mass is 441 g/mol. The number of esters is 1. The molecule has 0 aromatic heterocycles. The van der Waals surface area contributed by atoms with Crippen molar-refractivity contribution >= 4 is 27.6 Å². The van der Waals surface area contributed by atoms with Gasteiger partial charge in [0.05, 0.1) is 17.9 Å². The van der Waals surface area contributed by atoms with Crippen LogP contribution in [-0.4, -0.2) is 42.9 Å². The van der Waals surface area contributed by atoms with Gasteiger partial charge in [-0.05, 0) is 52.9 Å². The third-order valence-corrected chi connectivity index (χ3v) is 6.05. The van der Waals surface area contributed by atoms with Crippen molar-refractivity contribution in [2.45, 2.75) is 57.5 Å². The molecule has 0 radical (unpaired) electrons. The fraction of sp³-hybridized carbons (Fsp3) is 0.650. The molecule has 1 saturated carbocycles. The van der Waals surface area contributed by atoms with Crippen LogP contribution >= 0.6 is 15.9 Å². The SMILES string of the molecule is CCC1(NCc2cc(C(=O)OCCNCCO)cc(Br)c2N)CCCCC1. The highest BCUT2D eigenvalue weighted by atomic mass is 79.9. The molecule has 0 aliphatic heterocycles. The molecule has 1 aliphatic carbocycles. The Morgan fingerprint density at radius 3 is 2.70 bits per heavy atom. The largest absolute Gasteiger partial charge is 0.461 e. The van der Waals surface area contributed by atoms with E-state index in [0.29, 0.717) is 35.4 Å². The van der Waals surface area contributed by atoms with Crippen molar-refractivity contribution in [3.8, 4) is 0 Å². The minimum absolute atomic E-state index is 0.0640. The summed E-state index contributed by atoms with van der Waals surface area (Å²) in [5, 5.41) is 15.4. The molecule has 1 aromatic rings. The number of hydrogen-bond donors (Lipinski definition) is 4. The highest BCUT2D eigenvalue weighted by molar-refractivity contribution is 9.10.